The number of aromatic nitrogens is 2. The molecule has 2 aliphatic rings. The summed E-state index contributed by atoms with van der Waals surface area (Å²) < 4.78 is 2.37. The Kier molecular flexibility index (Phi) is 5.55. The van der Waals surface area contributed by atoms with E-state index in [1.165, 1.54) is 5.56 Å². The number of aromatic amines is 1. The quantitative estimate of drug-likeness (QED) is 0.582. The van der Waals surface area contributed by atoms with Gasteiger partial charge in [-0.3, -0.25) is 24.3 Å². The van der Waals surface area contributed by atoms with E-state index >= 15 is 0 Å². The Bertz CT molecular complexity index is 1160. The molecule has 0 bridgehead atoms. The molecule has 32 heavy (non-hydrogen) atoms. The second kappa shape index (κ2) is 8.37. The minimum absolute atomic E-state index is 0.0773. The number of carbonyl (C=O) groups excluding carboxylic acids is 1. The first kappa shape index (κ1) is 21.2. The Labute approximate surface area is 195 Å². The van der Waals surface area contributed by atoms with Crippen LogP contribution < -0.4 is 10.9 Å². The third-order valence-electron chi connectivity index (χ3n) is 7.27. The highest BCUT2D eigenvalue weighted by Gasteiger charge is 2.52. The van der Waals surface area contributed by atoms with Gasteiger partial charge in [-0.25, -0.2) is 0 Å². The Balaban J connectivity index is 1.48. The van der Waals surface area contributed by atoms with Gasteiger partial charge < -0.3 is 5.32 Å². The van der Waals surface area contributed by atoms with Gasteiger partial charge in [0.25, 0.3) is 5.56 Å². The highest BCUT2D eigenvalue weighted by Crippen LogP contribution is 2.49. The van der Waals surface area contributed by atoms with E-state index in [-0.39, 0.29) is 28.8 Å². The van der Waals surface area contributed by atoms with E-state index in [9.17, 15) is 9.59 Å². The van der Waals surface area contributed by atoms with Crippen molar-refractivity contribution < 1.29 is 4.79 Å². The molecule has 6 nitrogen and oxygen atoms in total. The van der Waals surface area contributed by atoms with Crippen molar-refractivity contribution in [3.63, 3.8) is 0 Å². The summed E-state index contributed by atoms with van der Waals surface area (Å²) in [6.45, 7) is 2.26. The van der Waals surface area contributed by atoms with E-state index in [2.05, 4.69) is 67.6 Å². The smallest absolute Gasteiger partial charge is 0.278 e. The lowest BCUT2D eigenvalue weighted by molar-refractivity contribution is -0.131. The second-order valence-corrected chi connectivity index (χ2v) is 9.67. The summed E-state index contributed by atoms with van der Waals surface area (Å²) >= 11 is 3.52. The molecule has 2 atom stereocenters. The molecule has 0 radical (unpaired) electrons. The molecule has 2 fully saturated rings. The summed E-state index contributed by atoms with van der Waals surface area (Å²) in [7, 11) is 1.87. The molecular formula is C25H27BrN4O2. The van der Waals surface area contributed by atoms with Crippen LogP contribution in [-0.4, -0.2) is 40.2 Å². The molecule has 3 aromatic rings. The van der Waals surface area contributed by atoms with Gasteiger partial charge in [0.1, 0.15) is 4.47 Å². The highest BCUT2D eigenvalue weighted by atomic mass is 79.9. The standard InChI is InChI=1S/C25H27BrN4O2/c1-29-22(20(26)23(31)28-29)21(18-10-6-3-7-11-18)30-14-12-25(13-15-30)19(16-27-24(25)32)17-8-4-2-5-9-17/h2-11,19,21H,12-16H2,1H3,(H,27,32)(H,28,31). The summed E-state index contributed by atoms with van der Waals surface area (Å²) in [6, 6.07) is 20.6. The first-order chi connectivity index (χ1) is 15.5. The summed E-state index contributed by atoms with van der Waals surface area (Å²) in [5, 5.41) is 6.02. The predicted molar refractivity (Wildman–Crippen MR) is 127 cm³/mol. The van der Waals surface area contributed by atoms with Gasteiger partial charge in [-0.2, -0.15) is 0 Å². The maximum absolute atomic E-state index is 13.1. The number of halogens is 1. The molecule has 2 saturated heterocycles. The van der Waals surface area contributed by atoms with Crippen molar-refractivity contribution in [1.29, 1.82) is 0 Å². The Morgan fingerprint density at radius 1 is 1.00 bits per heavy atom. The van der Waals surface area contributed by atoms with Crippen molar-refractivity contribution in [2.75, 3.05) is 19.6 Å². The minimum atomic E-state index is -0.375. The van der Waals surface area contributed by atoms with E-state index in [1.807, 2.05) is 36.0 Å². The van der Waals surface area contributed by atoms with E-state index < -0.39 is 0 Å². The molecule has 166 valence electrons. The molecule has 0 aliphatic carbocycles. The normalized spacial score (nSPS) is 21.6. The van der Waals surface area contributed by atoms with Crippen LogP contribution in [0.2, 0.25) is 0 Å². The van der Waals surface area contributed by atoms with Gasteiger partial charge in [0.2, 0.25) is 5.91 Å². The van der Waals surface area contributed by atoms with Crippen LogP contribution in [0.1, 0.15) is 41.6 Å². The van der Waals surface area contributed by atoms with E-state index in [4.69, 9.17) is 0 Å². The lowest BCUT2D eigenvalue weighted by Gasteiger charge is -2.44. The van der Waals surface area contributed by atoms with Crippen molar-refractivity contribution >= 4 is 21.8 Å². The van der Waals surface area contributed by atoms with Gasteiger partial charge in [0, 0.05) is 32.6 Å². The number of nitrogens with one attached hydrogen (secondary N) is 2. The molecule has 1 aromatic heterocycles. The molecule has 2 aliphatic heterocycles. The molecule has 2 aromatic carbocycles. The summed E-state index contributed by atoms with van der Waals surface area (Å²) in [5.41, 5.74) is 2.77. The fourth-order valence-electron chi connectivity index (χ4n) is 5.61. The molecule has 2 unspecified atom stereocenters. The molecule has 5 rings (SSSR count). The highest BCUT2D eigenvalue weighted by molar-refractivity contribution is 9.10. The van der Waals surface area contributed by atoms with Crippen LogP contribution in [-0.2, 0) is 11.8 Å². The number of amides is 1. The molecule has 1 amide bonds. The van der Waals surface area contributed by atoms with Gasteiger partial charge in [0.05, 0.1) is 17.2 Å². The van der Waals surface area contributed by atoms with Crippen LogP contribution in [0.25, 0.3) is 0 Å². The Hall–Kier alpha value is -2.64. The van der Waals surface area contributed by atoms with Gasteiger partial charge in [-0.15, -0.1) is 0 Å². The van der Waals surface area contributed by atoms with Crippen LogP contribution in [0.3, 0.4) is 0 Å². The fraction of sp³-hybridized carbons (Fsp3) is 0.360. The largest absolute Gasteiger partial charge is 0.355 e. The average Bonchev–Trinajstić information content (AvgIpc) is 3.26. The number of aryl methyl sites for hydroxylation is 1. The lowest BCUT2D eigenvalue weighted by atomic mass is 9.67. The van der Waals surface area contributed by atoms with Crippen LogP contribution in [0.4, 0.5) is 0 Å². The molecule has 2 N–H and O–H groups in total. The fourth-order valence-corrected chi connectivity index (χ4v) is 6.18. The molecule has 7 heteroatoms. The first-order valence-electron chi connectivity index (χ1n) is 11.1. The van der Waals surface area contributed by atoms with Gasteiger partial charge in [-0.05, 0) is 39.9 Å². The SMILES string of the molecule is Cn1[nH]c(=O)c(Br)c1C(c1ccccc1)N1CCC2(CC1)C(=O)NCC2c1ccccc1. The van der Waals surface area contributed by atoms with Crippen LogP contribution in [0, 0.1) is 5.41 Å². The van der Waals surface area contributed by atoms with Crippen molar-refractivity contribution in [2.24, 2.45) is 12.5 Å². The van der Waals surface area contributed by atoms with E-state index in [1.54, 1.807) is 0 Å². The van der Waals surface area contributed by atoms with E-state index in [0.29, 0.717) is 11.0 Å². The molecule has 0 saturated carbocycles. The maximum Gasteiger partial charge on any atom is 0.278 e. The van der Waals surface area contributed by atoms with Gasteiger partial charge in [0.15, 0.2) is 0 Å². The Morgan fingerprint density at radius 2 is 1.62 bits per heavy atom. The summed E-state index contributed by atoms with van der Waals surface area (Å²) in [5.74, 6) is 0.370. The van der Waals surface area contributed by atoms with Gasteiger partial charge in [-0.1, -0.05) is 60.7 Å². The lowest BCUT2D eigenvalue weighted by Crippen LogP contribution is -2.47. The Morgan fingerprint density at radius 3 is 2.22 bits per heavy atom. The first-order valence-corrected chi connectivity index (χ1v) is 11.9. The number of piperidine rings is 1. The molecule has 3 heterocycles. The molecule has 1 spiro atoms. The number of hydrogen-bond donors (Lipinski definition) is 2. The van der Waals surface area contributed by atoms with Crippen molar-refractivity contribution in [3.05, 3.63) is 92.3 Å². The minimum Gasteiger partial charge on any atom is -0.355 e. The summed E-state index contributed by atoms with van der Waals surface area (Å²) in [4.78, 5) is 27.8. The predicted octanol–water partition coefficient (Wildman–Crippen LogP) is 3.56. The van der Waals surface area contributed by atoms with Crippen LogP contribution >= 0.6 is 15.9 Å². The van der Waals surface area contributed by atoms with Crippen molar-refractivity contribution in [3.8, 4) is 0 Å². The zero-order chi connectivity index (χ0) is 22.3. The second-order valence-electron chi connectivity index (χ2n) is 8.88. The number of rotatable bonds is 4. The van der Waals surface area contributed by atoms with Crippen molar-refractivity contribution in [2.45, 2.75) is 24.8 Å². The number of benzene rings is 2. The zero-order valence-electron chi connectivity index (χ0n) is 18.1. The van der Waals surface area contributed by atoms with Gasteiger partial charge >= 0.3 is 0 Å². The van der Waals surface area contributed by atoms with Crippen LogP contribution in [0.5, 0.6) is 0 Å². The molecular weight excluding hydrogens is 468 g/mol. The topological polar surface area (TPSA) is 70.1 Å². The third-order valence-corrected chi connectivity index (χ3v) is 8.04. The summed E-state index contributed by atoms with van der Waals surface area (Å²) in [6.07, 6.45) is 1.58. The van der Waals surface area contributed by atoms with Crippen LogP contribution in [0.15, 0.2) is 69.9 Å². The number of carbonyl (C=O) groups is 1. The number of likely N-dealkylation sites (tertiary alicyclic amines) is 1. The zero-order valence-corrected chi connectivity index (χ0v) is 19.6. The monoisotopic (exact) mass is 494 g/mol. The van der Waals surface area contributed by atoms with E-state index in [0.717, 1.165) is 37.2 Å². The number of hydrogen-bond acceptors (Lipinski definition) is 3. The number of H-pyrrole nitrogens is 1. The third kappa shape index (κ3) is 3.44. The average molecular weight is 495 g/mol. The number of nitrogens with zero attached hydrogens (tertiary/aromatic N) is 2. The maximum atomic E-state index is 13.1. The van der Waals surface area contributed by atoms with Crippen molar-refractivity contribution in [1.82, 2.24) is 20.0 Å².